The van der Waals surface area contributed by atoms with Crippen molar-refractivity contribution in [3.63, 3.8) is 0 Å². The third-order valence-corrected chi connectivity index (χ3v) is 10.2. The van der Waals surface area contributed by atoms with E-state index in [-0.39, 0.29) is 26.9 Å². The number of rotatable bonds is 10. The standard InChI is InChI=1S/C28H27Cl2N2O5PS/c1-38(20-6-7-24-19(16-20)8-10-31-24)11-9-18-13-22(29)26(23(30)14-18)27(33)32-25(28(34)35)15-17-4-3-5-21(12-17)39(2,36)37/h3-8,10,12-14,16,25,31H,9,11,15H2,1-2H3,(H,32,33)(H,34,35)/t25-,38?/m0/s1. The molecule has 0 spiro atoms. The Kier molecular flexibility index (Phi) is 9.02. The molecular formula is C28H27Cl2N2O5PS. The molecule has 204 valence electrons. The van der Waals surface area contributed by atoms with E-state index >= 15 is 0 Å². The fourth-order valence-corrected chi connectivity index (χ4v) is 7.20. The number of aryl methyl sites for hydroxylation is 1. The smallest absolute Gasteiger partial charge is 0.326 e. The second-order valence-corrected chi connectivity index (χ2v) is 14.5. The lowest BCUT2D eigenvalue weighted by atomic mass is 10.0. The molecule has 0 fully saturated rings. The van der Waals surface area contributed by atoms with Crippen LogP contribution in [0, 0.1) is 0 Å². The lowest BCUT2D eigenvalue weighted by molar-refractivity contribution is -0.139. The molecule has 4 rings (SSSR count). The minimum absolute atomic E-state index is 0.00473. The Balaban J connectivity index is 1.45. The summed E-state index contributed by atoms with van der Waals surface area (Å²) in [5.41, 5.74) is 2.42. The van der Waals surface area contributed by atoms with Crippen LogP contribution >= 0.6 is 31.1 Å². The quantitative estimate of drug-likeness (QED) is 0.213. The molecule has 0 saturated heterocycles. The zero-order chi connectivity index (χ0) is 28.3. The lowest BCUT2D eigenvalue weighted by Gasteiger charge is -2.17. The maximum Gasteiger partial charge on any atom is 0.326 e. The van der Waals surface area contributed by atoms with Gasteiger partial charge in [-0.15, -0.1) is 0 Å². The largest absolute Gasteiger partial charge is 0.480 e. The molecule has 0 radical (unpaired) electrons. The van der Waals surface area contributed by atoms with Gasteiger partial charge in [-0.1, -0.05) is 49.3 Å². The zero-order valence-electron chi connectivity index (χ0n) is 21.2. The molecule has 7 nitrogen and oxygen atoms in total. The van der Waals surface area contributed by atoms with E-state index < -0.39 is 35.7 Å². The number of hydrogen-bond donors (Lipinski definition) is 3. The number of benzene rings is 3. The predicted molar refractivity (Wildman–Crippen MR) is 158 cm³/mol. The van der Waals surface area contributed by atoms with Gasteiger partial charge in [0, 0.05) is 24.4 Å². The molecular weight excluding hydrogens is 578 g/mol. The normalized spacial score (nSPS) is 13.2. The Bertz CT molecular complexity index is 1630. The number of carboxylic acid groups (broad SMARTS) is 1. The second-order valence-electron chi connectivity index (χ2n) is 9.34. The Morgan fingerprint density at radius 2 is 1.74 bits per heavy atom. The molecule has 0 bridgehead atoms. The maximum absolute atomic E-state index is 13.0. The van der Waals surface area contributed by atoms with Gasteiger partial charge in [0.05, 0.1) is 20.5 Å². The highest BCUT2D eigenvalue weighted by Gasteiger charge is 2.25. The van der Waals surface area contributed by atoms with Crippen molar-refractivity contribution in [2.75, 3.05) is 19.1 Å². The van der Waals surface area contributed by atoms with Gasteiger partial charge in [-0.25, -0.2) is 13.2 Å². The highest BCUT2D eigenvalue weighted by molar-refractivity contribution is 7.90. The summed E-state index contributed by atoms with van der Waals surface area (Å²) in [5, 5.41) is 14.9. The minimum Gasteiger partial charge on any atom is -0.480 e. The van der Waals surface area contributed by atoms with E-state index in [1.54, 1.807) is 18.2 Å². The van der Waals surface area contributed by atoms with Crippen LogP contribution in [0.2, 0.25) is 10.0 Å². The predicted octanol–water partition coefficient (Wildman–Crippen LogP) is 5.28. The van der Waals surface area contributed by atoms with Crippen molar-refractivity contribution >= 4 is 69.0 Å². The Labute approximate surface area is 238 Å². The van der Waals surface area contributed by atoms with Gasteiger partial charge in [-0.2, -0.15) is 0 Å². The molecule has 0 saturated carbocycles. The van der Waals surface area contributed by atoms with Crippen molar-refractivity contribution < 1.29 is 23.1 Å². The summed E-state index contributed by atoms with van der Waals surface area (Å²) >= 11 is 12.9. The SMILES string of the molecule is CP(CCc1cc(Cl)c(C(=O)N[C@@H](Cc2cccc(S(C)(=O)=O)c2)C(=O)O)c(Cl)c1)c1ccc2[nH]ccc2c1. The van der Waals surface area contributed by atoms with Crippen molar-refractivity contribution in [1.82, 2.24) is 10.3 Å². The Morgan fingerprint density at radius 3 is 2.41 bits per heavy atom. The van der Waals surface area contributed by atoms with Crippen LogP contribution in [0.5, 0.6) is 0 Å². The third-order valence-electron chi connectivity index (χ3n) is 6.41. The van der Waals surface area contributed by atoms with Crippen molar-refractivity contribution in [3.05, 3.63) is 93.6 Å². The average molecular weight is 605 g/mol. The number of sulfone groups is 1. The molecule has 1 amide bonds. The number of amides is 1. The van der Waals surface area contributed by atoms with Gasteiger partial charge in [0.1, 0.15) is 6.04 Å². The van der Waals surface area contributed by atoms with E-state index in [0.29, 0.717) is 12.0 Å². The van der Waals surface area contributed by atoms with Crippen LogP contribution in [0.3, 0.4) is 0 Å². The maximum atomic E-state index is 13.0. The first kappa shape index (κ1) is 29.1. The van der Waals surface area contributed by atoms with Crippen LogP contribution in [0.1, 0.15) is 21.5 Å². The molecule has 0 aliphatic carbocycles. The first-order valence-corrected chi connectivity index (χ1v) is 16.6. The van der Waals surface area contributed by atoms with Crippen LogP contribution in [-0.2, 0) is 27.5 Å². The highest BCUT2D eigenvalue weighted by atomic mass is 35.5. The summed E-state index contributed by atoms with van der Waals surface area (Å²) in [6, 6.07) is 16.5. The lowest BCUT2D eigenvalue weighted by Crippen LogP contribution is -2.42. The number of aromatic nitrogens is 1. The van der Waals surface area contributed by atoms with Crippen molar-refractivity contribution in [2.45, 2.75) is 23.8 Å². The molecule has 4 aromatic rings. The van der Waals surface area contributed by atoms with Crippen molar-refractivity contribution in [1.29, 1.82) is 0 Å². The fourth-order valence-electron chi connectivity index (χ4n) is 4.26. The number of carboxylic acids is 1. The first-order chi connectivity index (χ1) is 18.4. The number of aliphatic carboxylic acids is 1. The van der Waals surface area contributed by atoms with Crippen LogP contribution in [0.4, 0.5) is 0 Å². The van der Waals surface area contributed by atoms with Crippen LogP contribution in [0.25, 0.3) is 10.9 Å². The number of nitrogens with one attached hydrogen (secondary N) is 2. The minimum atomic E-state index is -3.47. The monoisotopic (exact) mass is 604 g/mol. The summed E-state index contributed by atoms with van der Waals surface area (Å²) in [6.45, 7) is 2.21. The number of aromatic amines is 1. The van der Waals surface area contributed by atoms with Crippen LogP contribution in [0.15, 0.2) is 71.8 Å². The molecule has 3 N–H and O–H groups in total. The summed E-state index contributed by atoms with van der Waals surface area (Å²) in [7, 11) is -3.89. The average Bonchev–Trinajstić information content (AvgIpc) is 3.34. The molecule has 0 aliphatic rings. The van der Waals surface area contributed by atoms with Gasteiger partial charge >= 0.3 is 5.97 Å². The van der Waals surface area contributed by atoms with Gasteiger partial charge in [0.25, 0.3) is 5.91 Å². The summed E-state index contributed by atoms with van der Waals surface area (Å²) < 4.78 is 23.7. The molecule has 1 heterocycles. The van der Waals surface area contributed by atoms with Gasteiger partial charge < -0.3 is 15.4 Å². The number of hydrogen-bond acceptors (Lipinski definition) is 4. The van der Waals surface area contributed by atoms with Gasteiger partial charge in [-0.3, -0.25) is 4.79 Å². The summed E-state index contributed by atoms with van der Waals surface area (Å²) in [6.07, 6.45) is 4.48. The van der Waals surface area contributed by atoms with Crippen LogP contribution in [-0.4, -0.2) is 55.5 Å². The van der Waals surface area contributed by atoms with E-state index in [1.165, 1.54) is 28.9 Å². The summed E-state index contributed by atoms with van der Waals surface area (Å²) in [4.78, 5) is 28.2. The number of fused-ring (bicyclic) bond motifs is 1. The number of carbonyl (C=O) groups is 2. The van der Waals surface area contributed by atoms with E-state index in [1.807, 2.05) is 12.3 Å². The number of carbonyl (C=O) groups excluding carboxylic acids is 1. The topological polar surface area (TPSA) is 116 Å². The van der Waals surface area contributed by atoms with Crippen molar-refractivity contribution in [2.24, 2.45) is 0 Å². The number of halogens is 2. The summed E-state index contributed by atoms with van der Waals surface area (Å²) in [5.74, 6) is -1.99. The van der Waals surface area contributed by atoms with E-state index in [2.05, 4.69) is 35.2 Å². The number of H-pyrrole nitrogens is 1. The second kappa shape index (κ2) is 12.1. The molecule has 0 aliphatic heterocycles. The molecule has 1 unspecified atom stereocenters. The molecule has 2 atom stereocenters. The van der Waals surface area contributed by atoms with E-state index in [9.17, 15) is 23.1 Å². The molecule has 11 heteroatoms. The zero-order valence-corrected chi connectivity index (χ0v) is 24.5. The first-order valence-electron chi connectivity index (χ1n) is 12.0. The van der Waals surface area contributed by atoms with Gasteiger partial charge in [-0.05, 0) is 83.5 Å². The molecule has 39 heavy (non-hydrogen) atoms. The van der Waals surface area contributed by atoms with Gasteiger partial charge in [0.15, 0.2) is 9.84 Å². The van der Waals surface area contributed by atoms with Gasteiger partial charge in [0.2, 0.25) is 0 Å². The molecule has 1 aromatic heterocycles. The fraction of sp³-hybridized carbons (Fsp3) is 0.214. The van der Waals surface area contributed by atoms with Crippen molar-refractivity contribution in [3.8, 4) is 0 Å². The van der Waals surface area contributed by atoms with Crippen LogP contribution < -0.4 is 10.6 Å². The third kappa shape index (κ3) is 7.20. The Hall–Kier alpha value is -2.90. The molecule has 3 aromatic carbocycles. The Morgan fingerprint density at radius 1 is 1.03 bits per heavy atom. The van der Waals surface area contributed by atoms with E-state index in [4.69, 9.17) is 23.2 Å². The van der Waals surface area contributed by atoms with E-state index in [0.717, 1.165) is 23.5 Å². The highest BCUT2D eigenvalue weighted by Crippen LogP contribution is 2.33.